The molecule has 0 aromatic heterocycles. The van der Waals surface area contributed by atoms with Crippen LogP contribution in [0.15, 0.2) is 12.1 Å². The third-order valence-corrected chi connectivity index (χ3v) is 3.61. The van der Waals surface area contributed by atoms with Crippen molar-refractivity contribution in [2.24, 2.45) is 0 Å². The molecule has 1 N–H and O–H groups in total. The number of halogens is 3. The molecule has 1 rings (SSSR count). The first-order chi connectivity index (χ1) is 6.73. The van der Waals surface area contributed by atoms with Crippen LogP contribution in [0.2, 0.25) is 0 Å². The Labute approximate surface area is 135 Å². The third-order valence-electron chi connectivity index (χ3n) is 2.05. The molecule has 16 heavy (non-hydrogen) atoms. The van der Waals surface area contributed by atoms with E-state index in [-0.39, 0.29) is 64.5 Å². The van der Waals surface area contributed by atoms with Crippen LogP contribution in [0.5, 0.6) is 0 Å². The standard InChI is InChI=1S/C6H11BF3N2O2S.K/c1-6(7(8,9)10)5-12-4-2-3-11-15(12,13)14;/h11H,1-5H2;/q-1;+1. The smallest absolute Gasteiger partial charge is 0.445 e. The first-order valence-corrected chi connectivity index (χ1v) is 5.80. The Kier molecular flexibility index (Phi) is 6.76. The molecule has 0 radical (unpaired) electrons. The molecule has 10 heteroatoms. The molecule has 4 nitrogen and oxygen atoms in total. The summed E-state index contributed by atoms with van der Waals surface area (Å²) in [5.74, 6) is 0. The summed E-state index contributed by atoms with van der Waals surface area (Å²) in [6.45, 7) is -2.64. The molecule has 0 aromatic carbocycles. The van der Waals surface area contributed by atoms with Gasteiger partial charge in [-0.1, -0.05) is 0 Å². The zero-order valence-corrected chi connectivity index (χ0v) is 12.9. The van der Waals surface area contributed by atoms with E-state index >= 15 is 0 Å². The summed E-state index contributed by atoms with van der Waals surface area (Å²) in [6, 6.07) is 0. The fourth-order valence-electron chi connectivity index (χ4n) is 1.16. The van der Waals surface area contributed by atoms with Gasteiger partial charge >= 0.3 is 58.4 Å². The van der Waals surface area contributed by atoms with Gasteiger partial charge in [0.15, 0.2) is 0 Å². The molecule has 0 atom stereocenters. The molecule has 1 saturated heterocycles. The minimum atomic E-state index is -5.17. The molecule has 1 aliphatic heterocycles. The van der Waals surface area contributed by atoms with E-state index in [2.05, 4.69) is 11.3 Å². The Hall–Kier alpha value is 1.10. The Bertz CT molecular complexity index is 359. The van der Waals surface area contributed by atoms with Gasteiger partial charge in [0, 0.05) is 19.6 Å². The van der Waals surface area contributed by atoms with Crippen molar-refractivity contribution in [3.8, 4) is 0 Å². The van der Waals surface area contributed by atoms with Crippen LogP contribution in [0.4, 0.5) is 12.9 Å². The summed E-state index contributed by atoms with van der Waals surface area (Å²) in [7, 11) is -3.75. The van der Waals surface area contributed by atoms with Crippen LogP contribution in [0.25, 0.3) is 0 Å². The molecule has 1 heterocycles. The molecule has 1 fully saturated rings. The minimum Gasteiger partial charge on any atom is -0.445 e. The van der Waals surface area contributed by atoms with Crippen LogP contribution in [0.3, 0.4) is 0 Å². The normalized spacial score (nSPS) is 21.2. The van der Waals surface area contributed by atoms with Gasteiger partial charge in [0.2, 0.25) is 0 Å². The van der Waals surface area contributed by atoms with Crippen molar-refractivity contribution in [3.63, 3.8) is 0 Å². The maximum atomic E-state index is 12.2. The second kappa shape index (κ2) is 6.32. The monoisotopic (exact) mass is 282 g/mol. The molecule has 0 spiro atoms. The van der Waals surface area contributed by atoms with E-state index < -0.39 is 29.2 Å². The topological polar surface area (TPSA) is 49.4 Å². The van der Waals surface area contributed by atoms with E-state index in [1.54, 1.807) is 0 Å². The van der Waals surface area contributed by atoms with E-state index in [0.717, 1.165) is 4.31 Å². The Morgan fingerprint density at radius 2 is 2.00 bits per heavy atom. The molecule has 0 aliphatic carbocycles. The summed E-state index contributed by atoms with van der Waals surface area (Å²) >= 11 is 0. The van der Waals surface area contributed by atoms with E-state index in [0.29, 0.717) is 6.42 Å². The summed E-state index contributed by atoms with van der Waals surface area (Å²) < 4.78 is 62.0. The number of nitrogens with zero attached hydrogens (tertiary/aromatic N) is 1. The number of hydrogen-bond donors (Lipinski definition) is 1. The fraction of sp³-hybridized carbons (Fsp3) is 0.667. The molecule has 1 aliphatic rings. The molecule has 0 saturated carbocycles. The minimum absolute atomic E-state index is 0. The van der Waals surface area contributed by atoms with Gasteiger partial charge in [0.05, 0.1) is 0 Å². The van der Waals surface area contributed by atoms with Gasteiger partial charge in [-0.15, -0.1) is 12.1 Å². The van der Waals surface area contributed by atoms with Crippen molar-refractivity contribution in [1.82, 2.24) is 9.03 Å². The van der Waals surface area contributed by atoms with Crippen LogP contribution in [0, 0.1) is 0 Å². The van der Waals surface area contributed by atoms with Gasteiger partial charge in [-0.05, 0) is 6.42 Å². The van der Waals surface area contributed by atoms with Crippen molar-refractivity contribution >= 4 is 17.2 Å². The van der Waals surface area contributed by atoms with Crippen molar-refractivity contribution in [2.75, 3.05) is 19.6 Å². The summed E-state index contributed by atoms with van der Waals surface area (Å²) in [5, 5.41) is 0. The van der Waals surface area contributed by atoms with Crippen molar-refractivity contribution < 1.29 is 72.7 Å². The van der Waals surface area contributed by atoms with Crippen molar-refractivity contribution in [3.05, 3.63) is 12.1 Å². The first-order valence-electron chi connectivity index (χ1n) is 4.36. The molecular weight excluding hydrogens is 271 g/mol. The maximum absolute atomic E-state index is 12.2. The van der Waals surface area contributed by atoms with E-state index in [4.69, 9.17) is 0 Å². The van der Waals surface area contributed by atoms with Gasteiger partial charge in [0.1, 0.15) is 0 Å². The molecule has 88 valence electrons. The van der Waals surface area contributed by atoms with Crippen molar-refractivity contribution in [2.45, 2.75) is 6.42 Å². The number of rotatable bonds is 3. The number of hydrogen-bond acceptors (Lipinski definition) is 2. The summed E-state index contributed by atoms with van der Waals surface area (Å²) in [5.41, 5.74) is -0.998. The third kappa shape index (κ3) is 4.77. The molecule has 0 aromatic rings. The van der Waals surface area contributed by atoms with Crippen LogP contribution in [0.1, 0.15) is 6.42 Å². The zero-order valence-electron chi connectivity index (χ0n) is 8.92. The largest absolute Gasteiger partial charge is 1.00 e. The van der Waals surface area contributed by atoms with Crippen molar-refractivity contribution in [1.29, 1.82) is 0 Å². The first kappa shape index (κ1) is 17.1. The molecule has 0 bridgehead atoms. The summed E-state index contributed by atoms with van der Waals surface area (Å²) in [4.78, 5) is 0. The van der Waals surface area contributed by atoms with Gasteiger partial charge in [-0.3, -0.25) is 0 Å². The van der Waals surface area contributed by atoms with Crippen LogP contribution in [-0.4, -0.2) is 39.3 Å². The molecule has 0 amide bonds. The summed E-state index contributed by atoms with van der Waals surface area (Å²) in [6.07, 6.45) is 0.497. The van der Waals surface area contributed by atoms with Gasteiger partial charge < -0.3 is 12.9 Å². The average molecular weight is 282 g/mol. The fourth-order valence-corrected chi connectivity index (χ4v) is 2.45. The zero-order chi connectivity index (χ0) is 11.7. The number of nitrogens with one attached hydrogen (secondary N) is 1. The molecule has 0 unspecified atom stereocenters. The van der Waals surface area contributed by atoms with Gasteiger partial charge in [-0.25, -0.2) is 4.72 Å². The average Bonchev–Trinajstić information content (AvgIpc) is 2.06. The van der Waals surface area contributed by atoms with Crippen LogP contribution >= 0.6 is 0 Å². The van der Waals surface area contributed by atoms with Gasteiger partial charge in [0.25, 0.3) is 10.2 Å². The quantitative estimate of drug-likeness (QED) is 0.581. The second-order valence-corrected chi connectivity index (χ2v) is 5.07. The van der Waals surface area contributed by atoms with E-state index in [1.807, 2.05) is 0 Å². The van der Waals surface area contributed by atoms with E-state index in [9.17, 15) is 21.4 Å². The van der Waals surface area contributed by atoms with Crippen LogP contribution in [-0.2, 0) is 10.2 Å². The SMILES string of the molecule is C=C(CN1CCCNS1(=O)=O)[B-](F)(F)F.[K+]. The predicted octanol–water partition coefficient (Wildman–Crippen LogP) is -2.53. The Morgan fingerprint density at radius 1 is 1.44 bits per heavy atom. The predicted molar refractivity (Wildman–Crippen MR) is 51.3 cm³/mol. The van der Waals surface area contributed by atoms with Crippen LogP contribution < -0.4 is 56.1 Å². The van der Waals surface area contributed by atoms with Gasteiger partial charge in [-0.2, -0.15) is 12.7 Å². The maximum Gasteiger partial charge on any atom is 1.00 e. The van der Waals surface area contributed by atoms with E-state index in [1.165, 1.54) is 0 Å². The second-order valence-electron chi connectivity index (χ2n) is 3.32. The Morgan fingerprint density at radius 3 is 2.44 bits per heavy atom. The Balaban J connectivity index is 0.00000225. The molecular formula is C6H11BF3KN2O2S.